The Balaban J connectivity index is 1.47. The molecule has 2 aromatic heterocycles. The zero-order valence-corrected chi connectivity index (χ0v) is 15.8. The topological polar surface area (TPSA) is 45.2 Å². The van der Waals surface area contributed by atoms with Gasteiger partial charge >= 0.3 is 0 Å². The SMILES string of the molecule is Cc1nc(-c2cccs2)sc1C(=O)NCCCN1CCCCCC1. The Hall–Kier alpha value is -1.24. The fraction of sp³-hybridized carbons (Fsp3) is 0.556. The monoisotopic (exact) mass is 363 g/mol. The minimum Gasteiger partial charge on any atom is -0.351 e. The largest absolute Gasteiger partial charge is 0.351 e. The molecule has 3 rings (SSSR count). The molecule has 130 valence electrons. The van der Waals surface area contributed by atoms with Crippen molar-refractivity contribution in [1.82, 2.24) is 15.2 Å². The summed E-state index contributed by atoms with van der Waals surface area (Å²) in [7, 11) is 0. The minimum atomic E-state index is 0.0173. The fourth-order valence-electron chi connectivity index (χ4n) is 3.06. The van der Waals surface area contributed by atoms with Gasteiger partial charge in [0.05, 0.1) is 10.6 Å². The zero-order chi connectivity index (χ0) is 16.8. The lowest BCUT2D eigenvalue weighted by atomic mass is 10.2. The van der Waals surface area contributed by atoms with E-state index >= 15 is 0 Å². The third kappa shape index (κ3) is 4.65. The van der Waals surface area contributed by atoms with E-state index in [1.165, 1.54) is 50.1 Å². The standard InChI is InChI=1S/C18H25N3OS2/c1-14-16(24-18(20-14)15-8-6-13-23-15)17(22)19-9-7-12-21-10-4-2-3-5-11-21/h6,8,13H,2-5,7,9-12H2,1H3,(H,19,22). The van der Waals surface area contributed by atoms with Gasteiger partial charge in [-0.3, -0.25) is 4.79 Å². The van der Waals surface area contributed by atoms with Crippen LogP contribution in [-0.2, 0) is 0 Å². The van der Waals surface area contributed by atoms with E-state index in [1.54, 1.807) is 11.3 Å². The molecular weight excluding hydrogens is 338 g/mol. The van der Waals surface area contributed by atoms with Crippen molar-refractivity contribution in [3.63, 3.8) is 0 Å². The number of hydrogen-bond donors (Lipinski definition) is 1. The van der Waals surface area contributed by atoms with Crippen LogP contribution in [0.25, 0.3) is 9.88 Å². The third-order valence-corrected chi connectivity index (χ3v) is 6.57. The quantitative estimate of drug-likeness (QED) is 0.783. The van der Waals surface area contributed by atoms with Crippen LogP contribution in [0.1, 0.15) is 47.5 Å². The average molecular weight is 364 g/mol. The number of hydrogen-bond acceptors (Lipinski definition) is 5. The van der Waals surface area contributed by atoms with Crippen LogP contribution in [0.5, 0.6) is 0 Å². The Morgan fingerprint density at radius 3 is 2.79 bits per heavy atom. The average Bonchev–Trinajstić information content (AvgIpc) is 3.16. The van der Waals surface area contributed by atoms with Crippen LogP contribution in [0.4, 0.5) is 0 Å². The van der Waals surface area contributed by atoms with Crippen LogP contribution in [0.15, 0.2) is 17.5 Å². The number of aromatic nitrogens is 1. The van der Waals surface area contributed by atoms with Crippen LogP contribution in [0, 0.1) is 6.92 Å². The Morgan fingerprint density at radius 1 is 1.29 bits per heavy atom. The predicted octanol–water partition coefficient (Wildman–Crippen LogP) is 4.18. The Morgan fingerprint density at radius 2 is 2.08 bits per heavy atom. The van der Waals surface area contributed by atoms with E-state index in [4.69, 9.17) is 0 Å². The summed E-state index contributed by atoms with van der Waals surface area (Å²) in [6, 6.07) is 4.06. The first kappa shape index (κ1) is 17.6. The van der Waals surface area contributed by atoms with Gasteiger partial charge in [0.2, 0.25) is 0 Å². The molecule has 1 N–H and O–H groups in total. The molecule has 0 aromatic carbocycles. The van der Waals surface area contributed by atoms with E-state index in [-0.39, 0.29) is 5.91 Å². The highest BCUT2D eigenvalue weighted by Gasteiger charge is 2.16. The van der Waals surface area contributed by atoms with Gasteiger partial charge < -0.3 is 10.2 Å². The summed E-state index contributed by atoms with van der Waals surface area (Å²) in [4.78, 5) is 21.4. The van der Waals surface area contributed by atoms with Crippen molar-refractivity contribution in [1.29, 1.82) is 0 Å². The van der Waals surface area contributed by atoms with Gasteiger partial charge in [0.1, 0.15) is 9.88 Å². The smallest absolute Gasteiger partial charge is 0.263 e. The number of likely N-dealkylation sites (tertiary alicyclic amines) is 1. The van der Waals surface area contributed by atoms with Crippen LogP contribution >= 0.6 is 22.7 Å². The molecular formula is C18H25N3OS2. The first-order valence-corrected chi connectivity index (χ1v) is 10.5. The normalized spacial score (nSPS) is 16.0. The molecule has 6 heteroatoms. The van der Waals surface area contributed by atoms with Gasteiger partial charge in [-0.2, -0.15) is 0 Å². The molecule has 0 bridgehead atoms. The first-order valence-electron chi connectivity index (χ1n) is 8.76. The second kappa shape index (κ2) is 8.74. The van der Waals surface area contributed by atoms with Crippen molar-refractivity contribution >= 4 is 28.6 Å². The molecule has 0 aliphatic carbocycles. The fourth-order valence-corrected chi connectivity index (χ4v) is 4.84. The van der Waals surface area contributed by atoms with Crippen molar-refractivity contribution in [3.8, 4) is 9.88 Å². The van der Waals surface area contributed by atoms with Gasteiger partial charge in [0.15, 0.2) is 0 Å². The Kier molecular flexibility index (Phi) is 6.40. The van der Waals surface area contributed by atoms with Crippen LogP contribution in [0.2, 0.25) is 0 Å². The highest BCUT2D eigenvalue weighted by atomic mass is 32.1. The van der Waals surface area contributed by atoms with E-state index < -0.39 is 0 Å². The lowest BCUT2D eigenvalue weighted by molar-refractivity contribution is 0.0955. The summed E-state index contributed by atoms with van der Waals surface area (Å²) in [6.07, 6.45) is 6.38. The second-order valence-corrected chi connectivity index (χ2v) is 8.22. The van der Waals surface area contributed by atoms with Crippen molar-refractivity contribution in [3.05, 3.63) is 28.1 Å². The maximum absolute atomic E-state index is 12.4. The lowest BCUT2D eigenvalue weighted by Gasteiger charge is -2.19. The zero-order valence-electron chi connectivity index (χ0n) is 14.2. The number of rotatable bonds is 6. The van der Waals surface area contributed by atoms with E-state index in [9.17, 15) is 4.79 Å². The molecule has 3 heterocycles. The minimum absolute atomic E-state index is 0.0173. The summed E-state index contributed by atoms with van der Waals surface area (Å²) < 4.78 is 0. The molecule has 0 radical (unpaired) electrons. The van der Waals surface area contributed by atoms with Crippen molar-refractivity contribution in [2.24, 2.45) is 0 Å². The summed E-state index contributed by atoms with van der Waals surface area (Å²) in [5.41, 5.74) is 0.827. The van der Waals surface area contributed by atoms with Crippen LogP contribution < -0.4 is 5.32 Å². The van der Waals surface area contributed by atoms with Crippen LogP contribution in [-0.4, -0.2) is 42.0 Å². The number of amides is 1. The van der Waals surface area contributed by atoms with Crippen LogP contribution in [0.3, 0.4) is 0 Å². The summed E-state index contributed by atoms with van der Waals surface area (Å²) in [6.45, 7) is 6.17. The van der Waals surface area contributed by atoms with E-state index in [1.807, 2.05) is 24.4 Å². The summed E-state index contributed by atoms with van der Waals surface area (Å²) in [5.74, 6) is 0.0173. The molecule has 4 nitrogen and oxygen atoms in total. The molecule has 0 spiro atoms. The Bertz CT molecular complexity index is 643. The number of thiazole rings is 1. The number of nitrogens with zero attached hydrogens (tertiary/aromatic N) is 2. The van der Waals surface area contributed by atoms with Crippen molar-refractivity contribution in [2.75, 3.05) is 26.2 Å². The maximum atomic E-state index is 12.4. The molecule has 2 aromatic rings. The molecule has 0 atom stereocenters. The number of carbonyl (C=O) groups excluding carboxylic acids is 1. The van der Waals surface area contributed by atoms with Crippen molar-refractivity contribution in [2.45, 2.75) is 39.0 Å². The van der Waals surface area contributed by atoms with Gasteiger partial charge in [0.25, 0.3) is 5.91 Å². The molecule has 0 saturated carbocycles. The predicted molar refractivity (Wildman–Crippen MR) is 102 cm³/mol. The van der Waals surface area contributed by atoms with Gasteiger partial charge in [-0.25, -0.2) is 4.98 Å². The molecule has 1 aliphatic rings. The highest BCUT2D eigenvalue weighted by molar-refractivity contribution is 7.22. The maximum Gasteiger partial charge on any atom is 0.263 e. The molecule has 24 heavy (non-hydrogen) atoms. The Labute approximate surface area is 151 Å². The van der Waals surface area contributed by atoms with Gasteiger partial charge in [-0.1, -0.05) is 18.9 Å². The molecule has 0 unspecified atom stereocenters. The molecule has 1 aliphatic heterocycles. The molecule has 1 fully saturated rings. The van der Waals surface area contributed by atoms with Gasteiger partial charge in [-0.05, 0) is 57.3 Å². The second-order valence-electron chi connectivity index (χ2n) is 6.28. The summed E-state index contributed by atoms with van der Waals surface area (Å²) in [5, 5.41) is 6.04. The number of thiophene rings is 1. The van der Waals surface area contributed by atoms with Gasteiger partial charge in [-0.15, -0.1) is 22.7 Å². The number of carbonyl (C=O) groups is 1. The van der Waals surface area contributed by atoms with Gasteiger partial charge in [0, 0.05) is 6.54 Å². The third-order valence-electron chi connectivity index (χ3n) is 4.37. The van der Waals surface area contributed by atoms with E-state index in [0.29, 0.717) is 0 Å². The first-order chi connectivity index (χ1) is 11.7. The molecule has 1 amide bonds. The number of nitrogens with one attached hydrogen (secondary N) is 1. The number of aryl methyl sites for hydroxylation is 1. The lowest BCUT2D eigenvalue weighted by Crippen LogP contribution is -2.30. The molecule has 1 saturated heterocycles. The summed E-state index contributed by atoms with van der Waals surface area (Å²) >= 11 is 3.15. The van der Waals surface area contributed by atoms with E-state index in [2.05, 4.69) is 15.2 Å². The van der Waals surface area contributed by atoms with Crippen molar-refractivity contribution < 1.29 is 4.79 Å². The highest BCUT2D eigenvalue weighted by Crippen LogP contribution is 2.30. The van der Waals surface area contributed by atoms with E-state index in [0.717, 1.165) is 40.0 Å².